The number of benzene rings is 1. The fourth-order valence-corrected chi connectivity index (χ4v) is 1.51. The summed E-state index contributed by atoms with van der Waals surface area (Å²) in [6.45, 7) is 1.78. The Morgan fingerprint density at radius 3 is 2.00 bits per heavy atom. The summed E-state index contributed by atoms with van der Waals surface area (Å²) in [6, 6.07) is 5.92. The van der Waals surface area contributed by atoms with Gasteiger partial charge in [0.15, 0.2) is 0 Å². The van der Waals surface area contributed by atoms with Crippen LogP contribution in [0.2, 0.25) is 0 Å². The van der Waals surface area contributed by atoms with Gasteiger partial charge in [-0.05, 0) is 36.4 Å². The minimum Gasteiger partial charge on any atom is -0.324 e. The molecule has 1 nitrogen and oxygen atoms in total. The van der Waals surface area contributed by atoms with Crippen molar-refractivity contribution in [2.24, 2.45) is 5.73 Å². The number of rotatable bonds is 2. The van der Waals surface area contributed by atoms with Gasteiger partial charge in [-0.15, -0.1) is 12.4 Å². The third-order valence-electron chi connectivity index (χ3n) is 1.64. The first-order valence-corrected chi connectivity index (χ1v) is 4.81. The standard InChI is InChI=1S/C9H10F3NS.ClH/c1-6(13)7-2-4-8(5-3-7)14-9(10,11)12;/h2-6H,13H2,1H3;1H/t6-;/m1./s1. The van der Waals surface area contributed by atoms with Crippen molar-refractivity contribution in [2.75, 3.05) is 0 Å². The Morgan fingerprint density at radius 2 is 1.67 bits per heavy atom. The molecule has 0 aliphatic rings. The largest absolute Gasteiger partial charge is 0.446 e. The van der Waals surface area contributed by atoms with Gasteiger partial charge in [-0.3, -0.25) is 0 Å². The maximum absolute atomic E-state index is 11.9. The van der Waals surface area contributed by atoms with Crippen molar-refractivity contribution < 1.29 is 13.2 Å². The highest BCUT2D eigenvalue weighted by molar-refractivity contribution is 8.00. The minimum absolute atomic E-state index is 0. The molecule has 0 aromatic heterocycles. The Labute approximate surface area is 96.6 Å². The van der Waals surface area contributed by atoms with Gasteiger partial charge in [0.1, 0.15) is 0 Å². The molecule has 2 N–H and O–H groups in total. The fraction of sp³-hybridized carbons (Fsp3) is 0.333. The summed E-state index contributed by atoms with van der Waals surface area (Å²) in [5.41, 5.74) is 2.17. The van der Waals surface area contributed by atoms with Crippen LogP contribution in [-0.4, -0.2) is 5.51 Å². The first-order chi connectivity index (χ1) is 6.38. The lowest BCUT2D eigenvalue weighted by molar-refractivity contribution is -0.0328. The van der Waals surface area contributed by atoms with Gasteiger partial charge in [-0.2, -0.15) is 13.2 Å². The van der Waals surface area contributed by atoms with E-state index in [9.17, 15) is 13.2 Å². The number of alkyl halides is 3. The summed E-state index contributed by atoms with van der Waals surface area (Å²) in [6.07, 6.45) is 0. The summed E-state index contributed by atoms with van der Waals surface area (Å²) >= 11 is -0.120. The lowest BCUT2D eigenvalue weighted by Crippen LogP contribution is -2.04. The molecule has 1 aromatic carbocycles. The number of hydrogen-bond donors (Lipinski definition) is 1. The maximum Gasteiger partial charge on any atom is 0.446 e. The highest BCUT2D eigenvalue weighted by Crippen LogP contribution is 2.36. The van der Waals surface area contributed by atoms with Crippen LogP contribution in [0.15, 0.2) is 29.2 Å². The minimum atomic E-state index is -4.23. The lowest BCUT2D eigenvalue weighted by atomic mass is 10.1. The van der Waals surface area contributed by atoms with Crippen molar-refractivity contribution >= 4 is 24.2 Å². The third-order valence-corrected chi connectivity index (χ3v) is 2.38. The molecule has 0 unspecified atom stereocenters. The number of halogens is 4. The van der Waals surface area contributed by atoms with E-state index in [1.807, 2.05) is 0 Å². The first-order valence-electron chi connectivity index (χ1n) is 4.00. The normalized spacial score (nSPS) is 13.1. The van der Waals surface area contributed by atoms with E-state index in [4.69, 9.17) is 5.73 Å². The van der Waals surface area contributed by atoms with E-state index < -0.39 is 5.51 Å². The predicted molar refractivity (Wildman–Crippen MR) is 58.2 cm³/mol. The van der Waals surface area contributed by atoms with E-state index in [-0.39, 0.29) is 35.1 Å². The summed E-state index contributed by atoms with van der Waals surface area (Å²) in [5, 5.41) is 0. The van der Waals surface area contributed by atoms with Crippen molar-refractivity contribution in [3.8, 4) is 0 Å². The summed E-state index contributed by atoms with van der Waals surface area (Å²) in [5.74, 6) is 0. The fourth-order valence-electron chi connectivity index (χ4n) is 0.973. The van der Waals surface area contributed by atoms with Crippen molar-refractivity contribution in [2.45, 2.75) is 23.4 Å². The van der Waals surface area contributed by atoms with Crippen LogP contribution in [0.1, 0.15) is 18.5 Å². The molecule has 0 heterocycles. The maximum atomic E-state index is 11.9. The second-order valence-corrected chi connectivity index (χ2v) is 4.04. The van der Waals surface area contributed by atoms with Crippen molar-refractivity contribution in [3.05, 3.63) is 29.8 Å². The Bertz CT molecular complexity index is 297. The van der Waals surface area contributed by atoms with Crippen LogP contribution < -0.4 is 5.73 Å². The number of nitrogens with two attached hydrogens (primary N) is 1. The number of hydrogen-bond acceptors (Lipinski definition) is 2. The van der Waals surface area contributed by atoms with Crippen LogP contribution >= 0.6 is 24.2 Å². The van der Waals surface area contributed by atoms with E-state index in [1.165, 1.54) is 12.1 Å². The number of thioether (sulfide) groups is 1. The van der Waals surface area contributed by atoms with Gasteiger partial charge < -0.3 is 5.73 Å². The topological polar surface area (TPSA) is 26.0 Å². The van der Waals surface area contributed by atoms with E-state index >= 15 is 0 Å². The molecule has 0 amide bonds. The molecular formula is C9H11ClF3NS. The van der Waals surface area contributed by atoms with Gasteiger partial charge in [0, 0.05) is 10.9 Å². The van der Waals surface area contributed by atoms with Crippen LogP contribution in [0.3, 0.4) is 0 Å². The van der Waals surface area contributed by atoms with Gasteiger partial charge >= 0.3 is 5.51 Å². The molecule has 0 aliphatic carbocycles. The molecule has 0 radical (unpaired) electrons. The SMILES string of the molecule is C[C@@H](N)c1ccc(SC(F)(F)F)cc1.Cl. The van der Waals surface area contributed by atoms with E-state index in [1.54, 1.807) is 19.1 Å². The van der Waals surface area contributed by atoms with Gasteiger partial charge in [0.25, 0.3) is 0 Å². The average Bonchev–Trinajstić information content (AvgIpc) is 2.02. The van der Waals surface area contributed by atoms with Crippen LogP contribution in [0.5, 0.6) is 0 Å². The molecule has 1 atom stereocenters. The molecule has 1 rings (SSSR count). The van der Waals surface area contributed by atoms with E-state index in [0.29, 0.717) is 0 Å². The van der Waals surface area contributed by atoms with E-state index in [2.05, 4.69) is 0 Å². The third kappa shape index (κ3) is 5.30. The zero-order chi connectivity index (χ0) is 10.8. The van der Waals surface area contributed by atoms with Gasteiger partial charge in [-0.25, -0.2) is 0 Å². The molecule has 86 valence electrons. The van der Waals surface area contributed by atoms with Gasteiger partial charge in [-0.1, -0.05) is 12.1 Å². The Hall–Kier alpha value is -0.390. The zero-order valence-electron chi connectivity index (χ0n) is 7.91. The summed E-state index contributed by atoms with van der Waals surface area (Å²) in [4.78, 5) is 0.182. The van der Waals surface area contributed by atoms with Crippen molar-refractivity contribution in [1.82, 2.24) is 0 Å². The molecule has 0 bridgehead atoms. The Kier molecular flexibility index (Phi) is 5.48. The molecule has 0 spiro atoms. The van der Waals surface area contributed by atoms with Gasteiger partial charge in [0.2, 0.25) is 0 Å². The van der Waals surface area contributed by atoms with Crippen LogP contribution in [0, 0.1) is 0 Å². The van der Waals surface area contributed by atoms with Crippen LogP contribution in [0.25, 0.3) is 0 Å². The smallest absolute Gasteiger partial charge is 0.324 e. The highest BCUT2D eigenvalue weighted by atomic mass is 35.5. The molecule has 6 heteroatoms. The predicted octanol–water partition coefficient (Wildman–Crippen LogP) is 3.74. The van der Waals surface area contributed by atoms with Crippen molar-refractivity contribution in [3.63, 3.8) is 0 Å². The monoisotopic (exact) mass is 257 g/mol. The molecule has 0 fully saturated rings. The lowest BCUT2D eigenvalue weighted by Gasteiger charge is -2.08. The average molecular weight is 258 g/mol. The summed E-state index contributed by atoms with van der Waals surface area (Å²) in [7, 11) is 0. The van der Waals surface area contributed by atoms with Crippen LogP contribution in [-0.2, 0) is 0 Å². The molecule has 15 heavy (non-hydrogen) atoms. The highest BCUT2D eigenvalue weighted by Gasteiger charge is 2.28. The second-order valence-electron chi connectivity index (χ2n) is 2.91. The van der Waals surface area contributed by atoms with Gasteiger partial charge in [0.05, 0.1) is 0 Å². The second kappa shape index (κ2) is 5.63. The Morgan fingerprint density at radius 1 is 1.20 bits per heavy atom. The van der Waals surface area contributed by atoms with Crippen LogP contribution in [0.4, 0.5) is 13.2 Å². The molecule has 0 aliphatic heterocycles. The van der Waals surface area contributed by atoms with Crippen molar-refractivity contribution in [1.29, 1.82) is 0 Å². The first kappa shape index (κ1) is 14.6. The molecule has 1 aromatic rings. The Balaban J connectivity index is 0.00000196. The zero-order valence-corrected chi connectivity index (χ0v) is 9.55. The molecular weight excluding hydrogens is 247 g/mol. The van der Waals surface area contributed by atoms with E-state index in [0.717, 1.165) is 5.56 Å². The molecule has 0 saturated heterocycles. The summed E-state index contributed by atoms with van der Waals surface area (Å²) < 4.78 is 35.8. The molecule has 0 saturated carbocycles. The quantitative estimate of drug-likeness (QED) is 0.817.